The van der Waals surface area contributed by atoms with E-state index in [1.165, 1.54) is 0 Å². The summed E-state index contributed by atoms with van der Waals surface area (Å²) in [6, 6.07) is 13.2. The van der Waals surface area contributed by atoms with Crippen LogP contribution in [-0.4, -0.2) is 23.0 Å². The highest BCUT2D eigenvalue weighted by Crippen LogP contribution is 2.15. The minimum atomic E-state index is -0.149. The predicted octanol–water partition coefficient (Wildman–Crippen LogP) is 2.88. The van der Waals surface area contributed by atoms with E-state index in [0.717, 1.165) is 16.7 Å². The van der Waals surface area contributed by atoms with Gasteiger partial charge in [-0.1, -0.05) is 12.1 Å². The molecule has 0 saturated heterocycles. The van der Waals surface area contributed by atoms with E-state index in [2.05, 4.69) is 15.3 Å². The van der Waals surface area contributed by atoms with Crippen LogP contribution < -0.4 is 10.1 Å². The molecule has 0 atom stereocenters. The largest absolute Gasteiger partial charge is 0.497 e. The van der Waals surface area contributed by atoms with E-state index in [1.807, 2.05) is 49.4 Å². The summed E-state index contributed by atoms with van der Waals surface area (Å²) in [4.78, 5) is 21.0. The molecular weight excluding hydrogens is 290 g/mol. The summed E-state index contributed by atoms with van der Waals surface area (Å²) in [6.07, 6.45) is 1.69. The third kappa shape index (κ3) is 3.29. The Bertz CT molecular complexity index is 862. The molecule has 3 rings (SSSR count). The minimum Gasteiger partial charge on any atom is -0.497 e. The number of hydrogen-bond acceptors (Lipinski definition) is 4. The average Bonchev–Trinajstić information content (AvgIpc) is 2.59. The van der Waals surface area contributed by atoms with Gasteiger partial charge in [0.05, 0.1) is 18.4 Å². The molecule has 0 spiro atoms. The molecule has 1 aromatic carbocycles. The van der Waals surface area contributed by atoms with Crippen LogP contribution in [0.4, 0.5) is 0 Å². The molecule has 0 aliphatic rings. The lowest BCUT2D eigenvalue weighted by atomic mass is 10.1. The zero-order chi connectivity index (χ0) is 16.2. The molecule has 23 heavy (non-hydrogen) atoms. The molecule has 0 fully saturated rings. The molecule has 0 saturated carbocycles. The molecule has 0 aliphatic carbocycles. The first-order chi connectivity index (χ1) is 11.2. The third-order valence-corrected chi connectivity index (χ3v) is 3.61. The van der Waals surface area contributed by atoms with Crippen molar-refractivity contribution >= 4 is 16.9 Å². The van der Waals surface area contributed by atoms with Gasteiger partial charge < -0.3 is 10.1 Å². The van der Waals surface area contributed by atoms with Gasteiger partial charge in [-0.3, -0.25) is 4.79 Å². The SMILES string of the molecule is COc1cccc(CNC(=O)c2cc3cccnc3nc2C)c1. The normalized spacial score (nSPS) is 10.5. The van der Waals surface area contributed by atoms with Gasteiger partial charge in [0, 0.05) is 18.1 Å². The molecule has 1 amide bonds. The first-order valence-electron chi connectivity index (χ1n) is 7.31. The summed E-state index contributed by atoms with van der Waals surface area (Å²) in [6.45, 7) is 2.25. The van der Waals surface area contributed by atoms with Crippen molar-refractivity contribution in [3.8, 4) is 5.75 Å². The van der Waals surface area contributed by atoms with E-state index in [0.29, 0.717) is 23.4 Å². The number of pyridine rings is 2. The van der Waals surface area contributed by atoms with Crippen LogP contribution in [-0.2, 0) is 6.54 Å². The van der Waals surface area contributed by atoms with Crippen LogP contribution in [0.25, 0.3) is 11.0 Å². The second-order valence-electron chi connectivity index (χ2n) is 5.21. The summed E-state index contributed by atoms with van der Waals surface area (Å²) < 4.78 is 5.18. The Hall–Kier alpha value is -2.95. The van der Waals surface area contributed by atoms with Crippen LogP contribution in [0.3, 0.4) is 0 Å². The highest BCUT2D eigenvalue weighted by atomic mass is 16.5. The first-order valence-corrected chi connectivity index (χ1v) is 7.31. The molecule has 0 aliphatic heterocycles. The number of rotatable bonds is 4. The zero-order valence-electron chi connectivity index (χ0n) is 13.0. The number of fused-ring (bicyclic) bond motifs is 1. The Morgan fingerprint density at radius 3 is 2.91 bits per heavy atom. The van der Waals surface area contributed by atoms with Crippen LogP contribution in [0.15, 0.2) is 48.7 Å². The van der Waals surface area contributed by atoms with Crippen LogP contribution in [0.2, 0.25) is 0 Å². The number of methoxy groups -OCH3 is 1. The quantitative estimate of drug-likeness (QED) is 0.805. The number of amides is 1. The minimum absolute atomic E-state index is 0.149. The van der Waals surface area contributed by atoms with E-state index < -0.39 is 0 Å². The molecule has 2 heterocycles. The average molecular weight is 307 g/mol. The number of benzene rings is 1. The van der Waals surface area contributed by atoms with Gasteiger partial charge in [0.15, 0.2) is 5.65 Å². The van der Waals surface area contributed by atoms with Crippen molar-refractivity contribution in [2.24, 2.45) is 0 Å². The maximum Gasteiger partial charge on any atom is 0.253 e. The lowest BCUT2D eigenvalue weighted by molar-refractivity contribution is 0.0950. The fourth-order valence-electron chi connectivity index (χ4n) is 2.38. The number of nitrogens with one attached hydrogen (secondary N) is 1. The first kappa shape index (κ1) is 15.0. The number of aryl methyl sites for hydroxylation is 1. The van der Waals surface area contributed by atoms with Crippen molar-refractivity contribution in [1.82, 2.24) is 15.3 Å². The monoisotopic (exact) mass is 307 g/mol. The van der Waals surface area contributed by atoms with Gasteiger partial charge in [0.2, 0.25) is 0 Å². The number of carbonyl (C=O) groups is 1. The van der Waals surface area contributed by atoms with Crippen molar-refractivity contribution in [2.45, 2.75) is 13.5 Å². The van der Waals surface area contributed by atoms with Gasteiger partial charge in [0.1, 0.15) is 5.75 Å². The summed E-state index contributed by atoms with van der Waals surface area (Å²) in [5.41, 5.74) is 2.85. The molecule has 5 nitrogen and oxygen atoms in total. The fourth-order valence-corrected chi connectivity index (χ4v) is 2.38. The molecule has 0 radical (unpaired) electrons. The smallest absolute Gasteiger partial charge is 0.253 e. The van der Waals surface area contributed by atoms with Crippen LogP contribution in [0.5, 0.6) is 5.75 Å². The number of hydrogen-bond donors (Lipinski definition) is 1. The highest BCUT2D eigenvalue weighted by molar-refractivity contribution is 5.98. The van der Waals surface area contributed by atoms with Crippen LogP contribution >= 0.6 is 0 Å². The lowest BCUT2D eigenvalue weighted by Gasteiger charge is -2.09. The Kier molecular flexibility index (Phi) is 4.19. The van der Waals surface area contributed by atoms with Gasteiger partial charge in [-0.2, -0.15) is 0 Å². The van der Waals surface area contributed by atoms with E-state index in [-0.39, 0.29) is 5.91 Å². The molecule has 5 heteroatoms. The van der Waals surface area contributed by atoms with Crippen molar-refractivity contribution in [1.29, 1.82) is 0 Å². The fraction of sp³-hybridized carbons (Fsp3) is 0.167. The summed E-state index contributed by atoms with van der Waals surface area (Å²) in [5.74, 6) is 0.620. The highest BCUT2D eigenvalue weighted by Gasteiger charge is 2.12. The van der Waals surface area contributed by atoms with Crippen molar-refractivity contribution < 1.29 is 9.53 Å². The Labute approximate surface area is 134 Å². The topological polar surface area (TPSA) is 64.1 Å². The molecule has 1 N–H and O–H groups in total. The van der Waals surface area contributed by atoms with Crippen molar-refractivity contribution in [3.05, 3.63) is 65.5 Å². The van der Waals surface area contributed by atoms with Gasteiger partial charge in [-0.25, -0.2) is 9.97 Å². The van der Waals surface area contributed by atoms with Crippen LogP contribution in [0, 0.1) is 6.92 Å². The summed E-state index contributed by atoms with van der Waals surface area (Å²) in [7, 11) is 1.62. The van der Waals surface area contributed by atoms with Crippen LogP contribution in [0.1, 0.15) is 21.6 Å². The van der Waals surface area contributed by atoms with Gasteiger partial charge >= 0.3 is 0 Å². The second kappa shape index (κ2) is 6.44. The maximum absolute atomic E-state index is 12.4. The second-order valence-corrected chi connectivity index (χ2v) is 5.21. The maximum atomic E-state index is 12.4. The number of ether oxygens (including phenoxy) is 1. The number of carbonyl (C=O) groups excluding carboxylic acids is 1. The van der Waals surface area contributed by atoms with E-state index in [1.54, 1.807) is 13.3 Å². The van der Waals surface area contributed by atoms with E-state index in [9.17, 15) is 4.79 Å². The van der Waals surface area contributed by atoms with E-state index in [4.69, 9.17) is 4.74 Å². The third-order valence-electron chi connectivity index (χ3n) is 3.61. The van der Waals surface area contributed by atoms with Gasteiger partial charge in [-0.05, 0) is 42.8 Å². The standard InChI is InChI=1S/C18H17N3O2/c1-12-16(10-14-6-4-8-19-17(14)21-12)18(22)20-11-13-5-3-7-15(9-13)23-2/h3-10H,11H2,1-2H3,(H,20,22). The molecule has 116 valence electrons. The lowest BCUT2D eigenvalue weighted by Crippen LogP contribution is -2.24. The number of nitrogens with zero attached hydrogens (tertiary/aromatic N) is 2. The van der Waals surface area contributed by atoms with Crippen molar-refractivity contribution in [2.75, 3.05) is 7.11 Å². The molecule has 2 aromatic heterocycles. The van der Waals surface area contributed by atoms with Gasteiger partial charge in [-0.15, -0.1) is 0 Å². The Morgan fingerprint density at radius 1 is 1.22 bits per heavy atom. The van der Waals surface area contributed by atoms with Crippen molar-refractivity contribution in [3.63, 3.8) is 0 Å². The summed E-state index contributed by atoms with van der Waals surface area (Å²) in [5, 5.41) is 3.77. The molecule has 3 aromatic rings. The molecule has 0 unspecified atom stereocenters. The summed E-state index contributed by atoms with van der Waals surface area (Å²) >= 11 is 0. The van der Waals surface area contributed by atoms with Gasteiger partial charge in [0.25, 0.3) is 5.91 Å². The Balaban J connectivity index is 1.79. The zero-order valence-corrected chi connectivity index (χ0v) is 13.0. The number of aromatic nitrogens is 2. The Morgan fingerprint density at radius 2 is 2.09 bits per heavy atom. The molecular formula is C18H17N3O2. The predicted molar refractivity (Wildman–Crippen MR) is 88.4 cm³/mol. The van der Waals surface area contributed by atoms with E-state index >= 15 is 0 Å². The molecule has 0 bridgehead atoms.